The molecular weight excluding hydrogens is 436 g/mol. The number of carbonyl (C=O) groups excluding carboxylic acids is 1. The van der Waals surface area contributed by atoms with Crippen LogP contribution in [-0.4, -0.2) is 38.8 Å². The SMILES string of the molecule is CN(CCc1ccccc1)C(=O)c1cc2[nH]c(=O)c3cnc(C4CCCCC4)n3c2cc1Cl. The number of nitrogens with zero attached hydrogens (tertiary/aromatic N) is 3. The van der Waals surface area contributed by atoms with Gasteiger partial charge in [0.05, 0.1) is 27.8 Å². The first-order valence-corrected chi connectivity index (χ1v) is 11.9. The minimum absolute atomic E-state index is 0.170. The van der Waals surface area contributed by atoms with Crippen molar-refractivity contribution in [2.75, 3.05) is 13.6 Å². The highest BCUT2D eigenvalue weighted by Gasteiger charge is 2.23. The minimum atomic E-state index is -0.213. The average molecular weight is 463 g/mol. The Balaban J connectivity index is 1.51. The molecule has 2 aromatic heterocycles. The largest absolute Gasteiger partial charge is 0.341 e. The van der Waals surface area contributed by atoms with Crippen molar-refractivity contribution in [3.63, 3.8) is 0 Å². The number of amides is 1. The van der Waals surface area contributed by atoms with E-state index >= 15 is 0 Å². The van der Waals surface area contributed by atoms with Gasteiger partial charge >= 0.3 is 0 Å². The van der Waals surface area contributed by atoms with E-state index in [1.807, 2.05) is 34.7 Å². The fraction of sp³-hybridized carbons (Fsp3) is 0.346. The number of benzene rings is 2. The lowest BCUT2D eigenvalue weighted by molar-refractivity contribution is 0.0797. The number of carbonyl (C=O) groups is 1. The number of aromatic nitrogens is 3. The average Bonchev–Trinajstić information content (AvgIpc) is 3.30. The summed E-state index contributed by atoms with van der Waals surface area (Å²) < 4.78 is 1.93. The van der Waals surface area contributed by atoms with Crippen LogP contribution in [0.3, 0.4) is 0 Å². The summed E-state index contributed by atoms with van der Waals surface area (Å²) in [5.41, 5.74) is 3.22. The number of nitrogens with one attached hydrogen (secondary N) is 1. The van der Waals surface area contributed by atoms with Crippen LogP contribution >= 0.6 is 11.6 Å². The molecule has 6 nitrogen and oxygen atoms in total. The summed E-state index contributed by atoms with van der Waals surface area (Å²) in [6.07, 6.45) is 8.15. The molecule has 7 heteroatoms. The highest BCUT2D eigenvalue weighted by molar-refractivity contribution is 6.34. The topological polar surface area (TPSA) is 70.5 Å². The Bertz CT molecular complexity index is 1370. The van der Waals surface area contributed by atoms with E-state index in [1.165, 1.54) is 24.8 Å². The maximum atomic E-state index is 13.2. The summed E-state index contributed by atoms with van der Waals surface area (Å²) in [5.74, 6) is 1.07. The quantitative estimate of drug-likeness (QED) is 0.443. The molecule has 5 rings (SSSR count). The number of hydrogen-bond acceptors (Lipinski definition) is 3. The third-order valence-electron chi connectivity index (χ3n) is 6.72. The van der Waals surface area contributed by atoms with E-state index < -0.39 is 0 Å². The van der Waals surface area contributed by atoms with Gasteiger partial charge in [0.1, 0.15) is 11.3 Å². The molecule has 2 heterocycles. The standard InChI is InChI=1S/C26H27ClN4O2/c1-30(13-12-17-8-4-2-5-9-17)26(33)19-14-21-22(15-20(19)27)31-23(25(32)29-21)16-28-24(31)18-10-6-3-7-11-18/h2,4-5,8-9,14-16,18H,3,6-7,10-13H2,1H3,(H,29,32). The number of hydrogen-bond donors (Lipinski definition) is 1. The van der Waals surface area contributed by atoms with Gasteiger partial charge in [0.2, 0.25) is 0 Å². The van der Waals surface area contributed by atoms with Gasteiger partial charge in [0, 0.05) is 19.5 Å². The predicted octanol–water partition coefficient (Wildman–Crippen LogP) is 5.19. The summed E-state index contributed by atoms with van der Waals surface area (Å²) in [7, 11) is 1.77. The van der Waals surface area contributed by atoms with Crippen molar-refractivity contribution in [2.45, 2.75) is 44.4 Å². The van der Waals surface area contributed by atoms with Gasteiger partial charge < -0.3 is 9.88 Å². The van der Waals surface area contributed by atoms with Gasteiger partial charge in [-0.25, -0.2) is 4.98 Å². The van der Waals surface area contributed by atoms with E-state index in [2.05, 4.69) is 9.97 Å². The molecule has 1 fully saturated rings. The highest BCUT2D eigenvalue weighted by Crippen LogP contribution is 2.33. The van der Waals surface area contributed by atoms with Crippen molar-refractivity contribution in [3.8, 4) is 0 Å². The second-order valence-electron chi connectivity index (χ2n) is 8.94. The van der Waals surface area contributed by atoms with Crippen molar-refractivity contribution < 1.29 is 4.79 Å². The number of imidazole rings is 1. The molecule has 1 amide bonds. The molecule has 0 spiro atoms. The van der Waals surface area contributed by atoms with Gasteiger partial charge in [-0.3, -0.25) is 14.0 Å². The van der Waals surface area contributed by atoms with E-state index in [0.717, 1.165) is 30.6 Å². The number of likely N-dealkylation sites (N-methyl/N-ethyl adjacent to an activating group) is 1. The van der Waals surface area contributed by atoms with Crippen molar-refractivity contribution in [1.29, 1.82) is 0 Å². The Morgan fingerprint density at radius 1 is 1.15 bits per heavy atom. The lowest BCUT2D eigenvalue weighted by Gasteiger charge is -2.21. The fourth-order valence-corrected chi connectivity index (χ4v) is 5.11. The molecule has 2 aromatic carbocycles. The van der Waals surface area contributed by atoms with E-state index in [4.69, 9.17) is 11.6 Å². The van der Waals surface area contributed by atoms with Crippen LogP contribution in [0.15, 0.2) is 53.5 Å². The van der Waals surface area contributed by atoms with Crippen LogP contribution in [0, 0.1) is 0 Å². The van der Waals surface area contributed by atoms with Crippen LogP contribution < -0.4 is 5.56 Å². The summed E-state index contributed by atoms with van der Waals surface area (Å²) >= 11 is 6.63. The van der Waals surface area contributed by atoms with Crippen LogP contribution in [0.5, 0.6) is 0 Å². The first-order valence-electron chi connectivity index (χ1n) is 11.5. The Morgan fingerprint density at radius 3 is 2.67 bits per heavy atom. The molecule has 1 saturated carbocycles. The van der Waals surface area contributed by atoms with E-state index in [0.29, 0.717) is 34.1 Å². The molecule has 33 heavy (non-hydrogen) atoms. The number of rotatable bonds is 5. The molecule has 170 valence electrons. The zero-order valence-corrected chi connectivity index (χ0v) is 19.4. The van der Waals surface area contributed by atoms with Gasteiger partial charge in [-0.15, -0.1) is 0 Å². The van der Waals surface area contributed by atoms with E-state index in [1.54, 1.807) is 30.3 Å². The molecule has 0 atom stereocenters. The second-order valence-corrected chi connectivity index (χ2v) is 9.34. The molecular formula is C26H27ClN4O2. The predicted molar refractivity (Wildman–Crippen MR) is 131 cm³/mol. The van der Waals surface area contributed by atoms with Gasteiger partial charge in [0.25, 0.3) is 11.5 Å². The van der Waals surface area contributed by atoms with E-state index in [-0.39, 0.29) is 11.5 Å². The van der Waals surface area contributed by atoms with Crippen molar-refractivity contribution in [3.05, 3.63) is 81.0 Å². The van der Waals surface area contributed by atoms with Crippen LogP contribution in [-0.2, 0) is 6.42 Å². The molecule has 0 saturated heterocycles. The lowest BCUT2D eigenvalue weighted by atomic mass is 9.89. The zero-order valence-electron chi connectivity index (χ0n) is 18.7. The molecule has 0 radical (unpaired) electrons. The first kappa shape index (κ1) is 21.7. The summed E-state index contributed by atoms with van der Waals surface area (Å²) in [4.78, 5) is 35.2. The van der Waals surface area contributed by atoms with Crippen LogP contribution in [0.2, 0.25) is 5.02 Å². The monoisotopic (exact) mass is 462 g/mol. The summed E-state index contributed by atoms with van der Waals surface area (Å²) in [6, 6.07) is 13.5. The van der Waals surface area contributed by atoms with Crippen LogP contribution in [0.1, 0.15) is 59.8 Å². The minimum Gasteiger partial charge on any atom is -0.341 e. The molecule has 0 bridgehead atoms. The van der Waals surface area contributed by atoms with Crippen molar-refractivity contribution >= 4 is 34.1 Å². The van der Waals surface area contributed by atoms with Crippen molar-refractivity contribution in [2.24, 2.45) is 0 Å². The summed E-state index contributed by atoms with van der Waals surface area (Å²) in [6.45, 7) is 0.570. The molecule has 4 aromatic rings. The first-order chi connectivity index (χ1) is 16.0. The Morgan fingerprint density at radius 2 is 1.91 bits per heavy atom. The normalized spacial score (nSPS) is 14.7. The smallest absolute Gasteiger partial charge is 0.274 e. The fourth-order valence-electron chi connectivity index (χ4n) is 4.88. The second kappa shape index (κ2) is 9.02. The maximum absolute atomic E-state index is 13.2. The number of halogens is 1. The molecule has 1 N–H and O–H groups in total. The zero-order chi connectivity index (χ0) is 22.9. The Kier molecular flexibility index (Phi) is 5.94. The highest BCUT2D eigenvalue weighted by atomic mass is 35.5. The Labute approximate surface area is 197 Å². The van der Waals surface area contributed by atoms with Crippen LogP contribution in [0.25, 0.3) is 16.6 Å². The number of aromatic amines is 1. The lowest BCUT2D eigenvalue weighted by Crippen LogP contribution is -2.29. The molecule has 1 aliphatic carbocycles. The summed E-state index contributed by atoms with van der Waals surface area (Å²) in [5, 5.41) is 0.371. The molecule has 0 aliphatic heterocycles. The van der Waals surface area contributed by atoms with Crippen LogP contribution in [0.4, 0.5) is 0 Å². The molecule has 0 unspecified atom stereocenters. The van der Waals surface area contributed by atoms with Gasteiger partial charge in [-0.05, 0) is 37.0 Å². The number of H-pyrrole nitrogens is 1. The maximum Gasteiger partial charge on any atom is 0.274 e. The third-order valence-corrected chi connectivity index (χ3v) is 7.04. The molecule has 1 aliphatic rings. The van der Waals surface area contributed by atoms with Gasteiger partial charge in [-0.2, -0.15) is 0 Å². The van der Waals surface area contributed by atoms with Crippen molar-refractivity contribution in [1.82, 2.24) is 19.3 Å². The third kappa shape index (κ3) is 4.15. The van der Waals surface area contributed by atoms with Gasteiger partial charge in [0.15, 0.2) is 0 Å². The Hall–Kier alpha value is -3.12. The number of fused-ring (bicyclic) bond motifs is 3. The van der Waals surface area contributed by atoms with E-state index in [9.17, 15) is 9.59 Å². The van der Waals surface area contributed by atoms with Gasteiger partial charge in [-0.1, -0.05) is 61.2 Å².